The van der Waals surface area contributed by atoms with Crippen LogP contribution in [0.25, 0.3) is 0 Å². The zero-order valence-corrected chi connectivity index (χ0v) is 14.6. The van der Waals surface area contributed by atoms with Gasteiger partial charge >= 0.3 is 0 Å². The minimum Gasteiger partial charge on any atom is -0.437 e. The third-order valence-electron chi connectivity index (χ3n) is 3.09. The maximum Gasteiger partial charge on any atom is 0.238 e. The molecule has 2 aromatic rings. The molecule has 5 heteroatoms. The average Bonchev–Trinajstić information content (AvgIpc) is 2.40. The van der Waals surface area contributed by atoms with Gasteiger partial charge in [0.1, 0.15) is 5.75 Å². The summed E-state index contributed by atoms with van der Waals surface area (Å²) >= 11 is 3.43. The maximum absolute atomic E-state index is 6.05. The zero-order valence-electron chi connectivity index (χ0n) is 13.0. The molecule has 21 heavy (non-hydrogen) atoms. The van der Waals surface area contributed by atoms with E-state index in [0.29, 0.717) is 11.8 Å². The molecule has 1 aromatic heterocycles. The second kappa shape index (κ2) is 6.02. The number of benzene rings is 1. The van der Waals surface area contributed by atoms with Crippen molar-refractivity contribution in [1.29, 1.82) is 0 Å². The van der Waals surface area contributed by atoms with Crippen LogP contribution in [0, 0.1) is 6.92 Å². The molecule has 0 bridgehead atoms. The predicted octanol–water partition coefficient (Wildman–Crippen LogP) is 4.68. The van der Waals surface area contributed by atoms with Crippen LogP contribution in [0.15, 0.2) is 28.9 Å². The van der Waals surface area contributed by atoms with Crippen molar-refractivity contribution in [2.75, 3.05) is 12.4 Å². The molecular formula is C16H20BrN3O. The molecule has 0 fully saturated rings. The monoisotopic (exact) mass is 349 g/mol. The Balaban J connectivity index is 2.46. The smallest absolute Gasteiger partial charge is 0.238 e. The first kappa shape index (κ1) is 15.8. The molecule has 0 aliphatic rings. The number of aryl methyl sites for hydroxylation is 1. The maximum atomic E-state index is 6.05. The van der Waals surface area contributed by atoms with Crippen LogP contribution in [-0.2, 0) is 5.41 Å². The van der Waals surface area contributed by atoms with E-state index in [1.165, 1.54) is 0 Å². The fraction of sp³-hybridized carbons (Fsp3) is 0.375. The first-order valence-electron chi connectivity index (χ1n) is 6.80. The van der Waals surface area contributed by atoms with Crippen LogP contribution in [0.2, 0.25) is 0 Å². The first-order chi connectivity index (χ1) is 9.81. The zero-order chi connectivity index (χ0) is 15.6. The Kier molecular flexibility index (Phi) is 4.52. The van der Waals surface area contributed by atoms with Crippen molar-refractivity contribution >= 4 is 21.9 Å². The molecule has 0 aliphatic carbocycles. The number of nitrogens with zero attached hydrogens (tertiary/aromatic N) is 2. The molecule has 0 aliphatic heterocycles. The number of rotatable bonds is 3. The number of aromatic nitrogens is 2. The van der Waals surface area contributed by atoms with Gasteiger partial charge in [0, 0.05) is 12.6 Å². The topological polar surface area (TPSA) is 47.0 Å². The van der Waals surface area contributed by atoms with E-state index in [1.807, 2.05) is 13.0 Å². The van der Waals surface area contributed by atoms with Gasteiger partial charge in [0.25, 0.3) is 0 Å². The minimum absolute atomic E-state index is 0.00558. The molecule has 1 heterocycles. The second-order valence-corrected chi connectivity index (χ2v) is 6.80. The number of hydrogen-bond acceptors (Lipinski definition) is 4. The molecule has 4 nitrogen and oxygen atoms in total. The molecule has 1 N–H and O–H groups in total. The third kappa shape index (κ3) is 3.73. The Hall–Kier alpha value is -1.62. The van der Waals surface area contributed by atoms with E-state index in [0.717, 1.165) is 21.3 Å². The normalized spacial score (nSPS) is 11.3. The number of ether oxygens (including phenoxy) is 1. The lowest BCUT2D eigenvalue weighted by Crippen LogP contribution is -2.13. The number of anilines is 1. The van der Waals surface area contributed by atoms with Crippen molar-refractivity contribution in [2.24, 2.45) is 0 Å². The summed E-state index contributed by atoms with van der Waals surface area (Å²) in [6, 6.07) is 6.24. The molecule has 2 rings (SSSR count). The molecule has 0 spiro atoms. The molecule has 0 atom stereocenters. The van der Waals surface area contributed by atoms with Crippen LogP contribution in [0.1, 0.15) is 31.9 Å². The van der Waals surface area contributed by atoms with Gasteiger partial charge in [-0.3, -0.25) is 0 Å². The van der Waals surface area contributed by atoms with Crippen molar-refractivity contribution in [3.8, 4) is 11.6 Å². The SMILES string of the molecule is CNc1ncc(Br)c(Oc2cc(C)ccc2C(C)(C)C)n1. The Morgan fingerprint density at radius 2 is 1.95 bits per heavy atom. The minimum atomic E-state index is -0.00558. The summed E-state index contributed by atoms with van der Waals surface area (Å²) in [5.74, 6) is 1.85. The quantitative estimate of drug-likeness (QED) is 0.873. The van der Waals surface area contributed by atoms with Crippen LogP contribution in [0.3, 0.4) is 0 Å². The fourth-order valence-electron chi connectivity index (χ4n) is 1.98. The Bertz CT molecular complexity index is 650. The Morgan fingerprint density at radius 3 is 2.57 bits per heavy atom. The van der Waals surface area contributed by atoms with Crippen LogP contribution in [0.4, 0.5) is 5.95 Å². The molecule has 0 unspecified atom stereocenters. The highest BCUT2D eigenvalue weighted by Gasteiger charge is 2.20. The summed E-state index contributed by atoms with van der Waals surface area (Å²) in [7, 11) is 1.78. The number of nitrogens with one attached hydrogen (secondary N) is 1. The lowest BCUT2D eigenvalue weighted by molar-refractivity contribution is 0.436. The van der Waals surface area contributed by atoms with Gasteiger partial charge in [-0.1, -0.05) is 32.9 Å². The Morgan fingerprint density at radius 1 is 1.24 bits per heavy atom. The molecule has 0 saturated carbocycles. The molecule has 0 amide bonds. The van der Waals surface area contributed by atoms with Gasteiger partial charge in [-0.2, -0.15) is 4.98 Å². The van der Waals surface area contributed by atoms with Gasteiger partial charge in [0.2, 0.25) is 11.8 Å². The third-order valence-corrected chi connectivity index (χ3v) is 3.63. The van der Waals surface area contributed by atoms with E-state index in [4.69, 9.17) is 4.74 Å². The van der Waals surface area contributed by atoms with Crippen molar-refractivity contribution in [3.05, 3.63) is 40.0 Å². The second-order valence-electron chi connectivity index (χ2n) is 5.95. The van der Waals surface area contributed by atoms with Gasteiger partial charge in [-0.25, -0.2) is 4.98 Å². The lowest BCUT2D eigenvalue weighted by Gasteiger charge is -2.23. The summed E-state index contributed by atoms with van der Waals surface area (Å²) in [5, 5.41) is 2.91. The molecule has 0 radical (unpaired) electrons. The first-order valence-corrected chi connectivity index (χ1v) is 7.60. The van der Waals surface area contributed by atoms with Crippen molar-refractivity contribution in [1.82, 2.24) is 9.97 Å². The highest BCUT2D eigenvalue weighted by Crippen LogP contribution is 2.36. The molecule has 1 aromatic carbocycles. The van der Waals surface area contributed by atoms with Crippen LogP contribution in [-0.4, -0.2) is 17.0 Å². The van der Waals surface area contributed by atoms with E-state index < -0.39 is 0 Å². The highest BCUT2D eigenvalue weighted by molar-refractivity contribution is 9.10. The molecule has 112 valence electrons. The largest absolute Gasteiger partial charge is 0.437 e. The standard InChI is InChI=1S/C16H20BrN3O/c1-10-6-7-11(16(2,3)4)13(8-10)21-14-12(17)9-19-15(18-5)20-14/h6-9H,1-5H3,(H,18,19,20). The molecular weight excluding hydrogens is 330 g/mol. The summed E-state index contributed by atoms with van der Waals surface area (Å²) in [6.07, 6.45) is 1.68. The predicted molar refractivity (Wildman–Crippen MR) is 89.2 cm³/mol. The summed E-state index contributed by atoms with van der Waals surface area (Å²) < 4.78 is 6.78. The molecule has 0 saturated heterocycles. The van der Waals surface area contributed by atoms with Crippen molar-refractivity contribution < 1.29 is 4.74 Å². The highest BCUT2D eigenvalue weighted by atomic mass is 79.9. The summed E-state index contributed by atoms with van der Waals surface area (Å²) in [4.78, 5) is 8.49. The van der Waals surface area contributed by atoms with Crippen molar-refractivity contribution in [3.63, 3.8) is 0 Å². The van der Waals surface area contributed by atoms with Gasteiger partial charge in [-0.05, 0) is 39.9 Å². The fourth-order valence-corrected chi connectivity index (χ4v) is 2.25. The van der Waals surface area contributed by atoms with Gasteiger partial charge in [-0.15, -0.1) is 0 Å². The van der Waals surface area contributed by atoms with Crippen LogP contribution >= 0.6 is 15.9 Å². The number of hydrogen-bond donors (Lipinski definition) is 1. The summed E-state index contributed by atoms with van der Waals surface area (Å²) in [6.45, 7) is 8.54. The van der Waals surface area contributed by atoms with Crippen molar-refractivity contribution in [2.45, 2.75) is 33.1 Å². The Labute approximate surface area is 134 Å². The average molecular weight is 350 g/mol. The number of halogens is 1. The lowest BCUT2D eigenvalue weighted by atomic mass is 9.86. The van der Waals surface area contributed by atoms with Crippen LogP contribution < -0.4 is 10.1 Å². The summed E-state index contributed by atoms with van der Waals surface area (Å²) in [5.41, 5.74) is 2.29. The van der Waals surface area contributed by atoms with E-state index in [1.54, 1.807) is 13.2 Å². The van der Waals surface area contributed by atoms with Gasteiger partial charge in [0.15, 0.2) is 0 Å². The van der Waals surface area contributed by atoms with Crippen LogP contribution in [0.5, 0.6) is 11.6 Å². The van der Waals surface area contributed by atoms with Gasteiger partial charge in [0.05, 0.1) is 10.7 Å². The van der Waals surface area contributed by atoms with E-state index in [9.17, 15) is 0 Å². The van der Waals surface area contributed by atoms with E-state index in [-0.39, 0.29) is 5.41 Å². The van der Waals surface area contributed by atoms with Gasteiger partial charge < -0.3 is 10.1 Å². The van der Waals surface area contributed by atoms with E-state index in [2.05, 4.69) is 64.1 Å². The van der Waals surface area contributed by atoms with E-state index >= 15 is 0 Å².